The van der Waals surface area contributed by atoms with Crippen LogP contribution in [-0.4, -0.2) is 28.3 Å². The van der Waals surface area contributed by atoms with Crippen molar-refractivity contribution in [1.29, 1.82) is 0 Å². The second kappa shape index (κ2) is 6.05. The van der Waals surface area contributed by atoms with Crippen LogP contribution < -0.4 is 21.8 Å². The van der Waals surface area contributed by atoms with Crippen molar-refractivity contribution >= 4 is 34.8 Å². The minimum absolute atomic E-state index is 0.0514. The Morgan fingerprint density at radius 3 is 2.72 bits per heavy atom. The molecule has 2 bridgehead atoms. The zero-order valence-corrected chi connectivity index (χ0v) is 15.3. The van der Waals surface area contributed by atoms with Crippen LogP contribution in [0, 0.1) is 16.7 Å². The SMILES string of the molecule is CC12CCC(C=C1NN=C1NC(=O)C(CC(=O)NC(N)=O)S1)C2(C)C. The lowest BCUT2D eigenvalue weighted by Crippen LogP contribution is -2.37. The van der Waals surface area contributed by atoms with Crippen LogP contribution in [0.15, 0.2) is 16.9 Å². The number of carbonyl (C=O) groups excluding carboxylic acids is 3. The second-order valence-electron chi connectivity index (χ2n) is 7.52. The van der Waals surface area contributed by atoms with E-state index in [1.807, 2.05) is 5.32 Å². The predicted octanol–water partition coefficient (Wildman–Crippen LogP) is 1.00. The molecule has 4 amide bonds. The number of nitrogens with one attached hydrogen (secondary N) is 3. The molecule has 1 aliphatic heterocycles. The van der Waals surface area contributed by atoms with Gasteiger partial charge in [-0.05, 0) is 24.2 Å². The standard InChI is InChI=1S/C16H23N5O3S/c1-15(2)8-4-5-16(15,3)10(6-8)20-21-14-19-12(23)9(25-14)7-11(22)18-13(17)24/h6,8-9,20H,4-5,7H2,1-3H3,(H,19,21,23)(H3,17,18,22,24). The smallest absolute Gasteiger partial charge is 0.318 e. The molecule has 3 unspecified atom stereocenters. The number of primary amides is 1. The van der Waals surface area contributed by atoms with E-state index in [2.05, 4.69) is 42.7 Å². The summed E-state index contributed by atoms with van der Waals surface area (Å²) in [6.45, 7) is 6.81. The van der Waals surface area contributed by atoms with Gasteiger partial charge in [-0.1, -0.05) is 38.6 Å². The van der Waals surface area contributed by atoms with Crippen LogP contribution in [-0.2, 0) is 9.59 Å². The zero-order valence-electron chi connectivity index (χ0n) is 14.5. The molecular formula is C16H23N5O3S. The zero-order chi connectivity index (χ0) is 18.4. The lowest BCUT2D eigenvalue weighted by molar-refractivity contribution is -0.124. The summed E-state index contributed by atoms with van der Waals surface area (Å²) in [5.41, 5.74) is 9.34. The normalized spacial score (nSPS) is 34.0. The van der Waals surface area contributed by atoms with E-state index in [-0.39, 0.29) is 23.2 Å². The molecule has 0 aromatic carbocycles. The van der Waals surface area contributed by atoms with E-state index in [0.717, 1.165) is 23.9 Å². The topological polar surface area (TPSA) is 126 Å². The number of hydrogen-bond donors (Lipinski definition) is 4. The van der Waals surface area contributed by atoms with E-state index in [4.69, 9.17) is 5.73 Å². The number of hydrogen-bond acceptors (Lipinski definition) is 6. The number of nitrogens with zero attached hydrogens (tertiary/aromatic N) is 1. The molecule has 1 heterocycles. The number of fused-ring (bicyclic) bond motifs is 2. The highest BCUT2D eigenvalue weighted by Gasteiger charge is 2.57. The van der Waals surface area contributed by atoms with Crippen LogP contribution in [0.4, 0.5) is 4.79 Å². The first-order valence-electron chi connectivity index (χ1n) is 8.26. The third-order valence-corrected chi connectivity index (χ3v) is 7.04. The van der Waals surface area contributed by atoms with Gasteiger partial charge in [0.15, 0.2) is 5.17 Å². The maximum atomic E-state index is 11.9. The fourth-order valence-corrected chi connectivity index (χ4v) is 4.84. The number of amides is 4. The van der Waals surface area contributed by atoms with E-state index in [1.54, 1.807) is 0 Å². The Kier molecular flexibility index (Phi) is 4.30. The molecule has 9 heteroatoms. The van der Waals surface area contributed by atoms with Gasteiger partial charge in [0, 0.05) is 17.5 Å². The Morgan fingerprint density at radius 1 is 1.44 bits per heavy atom. The maximum absolute atomic E-state index is 11.9. The number of thioether (sulfide) groups is 1. The number of imide groups is 1. The van der Waals surface area contributed by atoms with E-state index in [1.165, 1.54) is 6.42 Å². The van der Waals surface area contributed by atoms with Crippen molar-refractivity contribution < 1.29 is 14.4 Å². The summed E-state index contributed by atoms with van der Waals surface area (Å²) < 4.78 is 0. The molecule has 3 aliphatic rings. The molecule has 0 aromatic heterocycles. The van der Waals surface area contributed by atoms with Crippen LogP contribution in [0.3, 0.4) is 0 Å². The number of carbonyl (C=O) groups is 3. The molecule has 2 fully saturated rings. The number of allylic oxidation sites excluding steroid dienone is 2. The molecule has 3 atom stereocenters. The lowest BCUT2D eigenvalue weighted by atomic mass is 9.69. The van der Waals surface area contributed by atoms with Crippen molar-refractivity contribution in [3.8, 4) is 0 Å². The van der Waals surface area contributed by atoms with Crippen molar-refractivity contribution in [1.82, 2.24) is 16.1 Å². The largest absolute Gasteiger partial charge is 0.351 e. The molecule has 25 heavy (non-hydrogen) atoms. The summed E-state index contributed by atoms with van der Waals surface area (Å²) >= 11 is 1.16. The van der Waals surface area contributed by atoms with Crippen LogP contribution in [0.25, 0.3) is 0 Å². The lowest BCUT2D eigenvalue weighted by Gasteiger charge is -2.36. The highest BCUT2D eigenvalue weighted by Crippen LogP contribution is 2.64. The quantitative estimate of drug-likeness (QED) is 0.553. The van der Waals surface area contributed by atoms with Crippen LogP contribution in [0.2, 0.25) is 0 Å². The van der Waals surface area contributed by atoms with E-state index < -0.39 is 17.2 Å². The van der Waals surface area contributed by atoms with Gasteiger partial charge in [-0.25, -0.2) is 4.79 Å². The van der Waals surface area contributed by atoms with Gasteiger partial charge >= 0.3 is 6.03 Å². The molecule has 5 N–H and O–H groups in total. The third-order valence-electron chi connectivity index (χ3n) is 5.95. The second-order valence-corrected chi connectivity index (χ2v) is 8.71. The molecule has 0 aromatic rings. The van der Waals surface area contributed by atoms with Crippen molar-refractivity contribution in [2.75, 3.05) is 0 Å². The van der Waals surface area contributed by atoms with Crippen molar-refractivity contribution in [3.63, 3.8) is 0 Å². The summed E-state index contributed by atoms with van der Waals surface area (Å²) in [5.74, 6) is -0.352. The Balaban J connectivity index is 1.61. The summed E-state index contributed by atoms with van der Waals surface area (Å²) in [4.78, 5) is 34.2. The minimum atomic E-state index is -0.928. The minimum Gasteiger partial charge on any atom is -0.351 e. The first-order valence-corrected chi connectivity index (χ1v) is 9.14. The van der Waals surface area contributed by atoms with Crippen molar-refractivity contribution in [3.05, 3.63) is 11.8 Å². The van der Waals surface area contributed by atoms with E-state index >= 15 is 0 Å². The Morgan fingerprint density at radius 2 is 2.16 bits per heavy atom. The molecule has 3 rings (SSSR count). The molecule has 1 saturated heterocycles. The molecule has 0 spiro atoms. The number of amidine groups is 1. The molecule has 1 saturated carbocycles. The number of urea groups is 1. The molecule has 2 aliphatic carbocycles. The number of nitrogens with two attached hydrogens (primary N) is 1. The monoisotopic (exact) mass is 365 g/mol. The molecule has 136 valence electrons. The van der Waals surface area contributed by atoms with Crippen LogP contribution in [0.5, 0.6) is 0 Å². The van der Waals surface area contributed by atoms with Gasteiger partial charge in [0.2, 0.25) is 11.8 Å². The Labute approximate surface area is 150 Å². The average Bonchev–Trinajstić information content (AvgIpc) is 3.01. The fourth-order valence-electron chi connectivity index (χ4n) is 3.92. The van der Waals surface area contributed by atoms with Gasteiger partial charge in [-0.3, -0.25) is 20.3 Å². The van der Waals surface area contributed by atoms with Crippen molar-refractivity contribution in [2.24, 2.45) is 27.6 Å². The van der Waals surface area contributed by atoms with Gasteiger partial charge < -0.3 is 11.1 Å². The van der Waals surface area contributed by atoms with Gasteiger partial charge in [0.25, 0.3) is 0 Å². The van der Waals surface area contributed by atoms with Gasteiger partial charge in [-0.15, -0.1) is 0 Å². The van der Waals surface area contributed by atoms with Crippen LogP contribution in [0.1, 0.15) is 40.0 Å². The van der Waals surface area contributed by atoms with Crippen LogP contribution >= 0.6 is 11.8 Å². The van der Waals surface area contributed by atoms with Gasteiger partial charge in [0.1, 0.15) is 5.25 Å². The molecule has 8 nitrogen and oxygen atoms in total. The number of rotatable bonds is 4. The predicted molar refractivity (Wildman–Crippen MR) is 95.1 cm³/mol. The highest BCUT2D eigenvalue weighted by molar-refractivity contribution is 8.15. The first kappa shape index (κ1) is 17.8. The first-order chi connectivity index (χ1) is 11.6. The summed E-state index contributed by atoms with van der Waals surface area (Å²) in [7, 11) is 0. The van der Waals surface area contributed by atoms with E-state index in [9.17, 15) is 14.4 Å². The fraction of sp³-hybridized carbons (Fsp3) is 0.625. The Bertz CT molecular complexity index is 702. The maximum Gasteiger partial charge on any atom is 0.318 e. The molecular weight excluding hydrogens is 342 g/mol. The number of hydrazone groups is 1. The van der Waals surface area contributed by atoms with Gasteiger partial charge in [0.05, 0.1) is 0 Å². The average molecular weight is 365 g/mol. The van der Waals surface area contributed by atoms with Gasteiger partial charge in [-0.2, -0.15) is 5.10 Å². The van der Waals surface area contributed by atoms with Crippen molar-refractivity contribution in [2.45, 2.75) is 45.3 Å². The third kappa shape index (κ3) is 3.01. The van der Waals surface area contributed by atoms with E-state index in [0.29, 0.717) is 11.1 Å². The summed E-state index contributed by atoms with van der Waals surface area (Å²) in [5, 5.41) is 8.72. The highest BCUT2D eigenvalue weighted by atomic mass is 32.2. The Hall–Kier alpha value is -2.03. The summed E-state index contributed by atoms with van der Waals surface area (Å²) in [6, 6.07) is -0.928. The molecule has 0 radical (unpaired) electrons. The summed E-state index contributed by atoms with van der Waals surface area (Å²) in [6.07, 6.45) is 4.41.